The molecule has 5 rings (SSSR count). The van der Waals surface area contributed by atoms with Crippen molar-refractivity contribution in [1.82, 2.24) is 25.6 Å². The molecular weight excluding hydrogens is 535 g/mol. The molecule has 2 aliphatic heterocycles. The lowest BCUT2D eigenvalue weighted by molar-refractivity contribution is 0.0978. The molecule has 9 nitrogen and oxygen atoms in total. The number of hydrogen-bond acceptors (Lipinski definition) is 8. The first-order valence-electron chi connectivity index (χ1n) is 11.2. The Morgan fingerprint density at radius 1 is 1.08 bits per heavy atom. The molecule has 0 saturated carbocycles. The summed E-state index contributed by atoms with van der Waals surface area (Å²) in [6.07, 6.45) is 2.98. The number of carbonyl (C=O) groups excluding carboxylic acids is 2. The fraction of sp³-hybridized carbons (Fsp3) is 0.200. The summed E-state index contributed by atoms with van der Waals surface area (Å²) in [5.74, 6) is 0.00139. The van der Waals surface area contributed by atoms with Gasteiger partial charge in [0.2, 0.25) is 5.12 Å². The number of rotatable bonds is 4. The molecule has 0 aromatic carbocycles. The zero-order chi connectivity index (χ0) is 26.3. The van der Waals surface area contributed by atoms with E-state index in [2.05, 4.69) is 30.6 Å². The van der Waals surface area contributed by atoms with Crippen molar-refractivity contribution in [2.45, 2.75) is 13.8 Å². The number of hydrogen-bond donors (Lipinski definition) is 3. The highest BCUT2D eigenvalue weighted by atomic mass is 35.5. The third kappa shape index (κ3) is 4.85. The molecule has 0 spiro atoms. The van der Waals surface area contributed by atoms with Gasteiger partial charge in [0.25, 0.3) is 5.91 Å². The van der Waals surface area contributed by atoms with E-state index in [0.29, 0.717) is 51.5 Å². The third-order valence-electron chi connectivity index (χ3n) is 5.94. The van der Waals surface area contributed by atoms with E-state index in [0.717, 1.165) is 10.6 Å². The minimum absolute atomic E-state index is 0.202. The van der Waals surface area contributed by atoms with E-state index in [4.69, 9.17) is 27.9 Å². The molecule has 0 saturated heterocycles. The van der Waals surface area contributed by atoms with Crippen molar-refractivity contribution in [2.24, 2.45) is 4.99 Å². The van der Waals surface area contributed by atoms with Crippen LogP contribution in [0.3, 0.4) is 0 Å². The molecule has 37 heavy (non-hydrogen) atoms. The maximum Gasteiger partial charge on any atom is 0.259 e. The lowest BCUT2D eigenvalue weighted by atomic mass is 10.0. The van der Waals surface area contributed by atoms with Crippen LogP contribution in [0.2, 0.25) is 10.2 Å². The number of thiol groups is 1. The summed E-state index contributed by atoms with van der Waals surface area (Å²) in [5.41, 5.74) is 3.75. The highest BCUT2D eigenvalue weighted by molar-refractivity contribution is 8.44. The van der Waals surface area contributed by atoms with Gasteiger partial charge in [0.1, 0.15) is 16.6 Å². The number of aliphatic imine (C=N–C) groups is 1. The highest BCUT2D eigenvalue weighted by Gasteiger charge is 2.37. The van der Waals surface area contributed by atoms with Crippen LogP contribution >= 0.6 is 34.1 Å². The largest absolute Gasteiger partial charge is 0.494 e. The molecule has 3 aromatic rings. The number of halogens is 2. The molecule has 0 radical (unpaired) electrons. The van der Waals surface area contributed by atoms with Crippen LogP contribution in [-0.2, 0) is 0 Å². The van der Waals surface area contributed by atoms with E-state index >= 15 is 0 Å². The number of pyridine rings is 3. The summed E-state index contributed by atoms with van der Waals surface area (Å²) in [5, 5.41) is 6.97. The quantitative estimate of drug-likeness (QED) is 0.325. The molecule has 0 aliphatic carbocycles. The second kappa shape index (κ2) is 10.2. The molecule has 1 atom stereocenters. The fourth-order valence-electron chi connectivity index (χ4n) is 4.12. The van der Waals surface area contributed by atoms with E-state index in [1.807, 2.05) is 6.92 Å². The van der Waals surface area contributed by atoms with Crippen molar-refractivity contribution in [3.8, 4) is 16.9 Å². The number of aromatic nitrogens is 3. The third-order valence-corrected chi connectivity index (χ3v) is 8.77. The second-order valence-electron chi connectivity index (χ2n) is 8.37. The zero-order valence-electron chi connectivity index (χ0n) is 20.1. The molecule has 2 aliphatic rings. The number of amides is 1. The van der Waals surface area contributed by atoms with Gasteiger partial charge in [-0.15, -0.1) is 10.9 Å². The number of nitrogens with one attached hydrogen (secondary N) is 2. The summed E-state index contributed by atoms with van der Waals surface area (Å²) in [7, 11) is -0.0855. The van der Waals surface area contributed by atoms with Gasteiger partial charge in [-0.1, -0.05) is 23.2 Å². The lowest BCUT2D eigenvalue weighted by Gasteiger charge is -2.21. The summed E-state index contributed by atoms with van der Waals surface area (Å²) in [4.78, 5) is 45.5. The number of aryl methyl sites for hydroxylation is 2. The number of ether oxygens (including phenoxy) is 1. The Morgan fingerprint density at radius 2 is 1.89 bits per heavy atom. The van der Waals surface area contributed by atoms with Crippen molar-refractivity contribution in [3.63, 3.8) is 0 Å². The highest BCUT2D eigenvalue weighted by Crippen LogP contribution is 2.47. The molecule has 0 fully saturated rings. The summed E-state index contributed by atoms with van der Waals surface area (Å²) >= 11 is 12.3. The Kier molecular flexibility index (Phi) is 7.00. The van der Waals surface area contributed by atoms with Crippen LogP contribution in [0, 0.1) is 13.8 Å². The van der Waals surface area contributed by atoms with Crippen molar-refractivity contribution in [2.75, 3.05) is 20.2 Å². The molecule has 1 amide bonds. The molecular formula is C25H22Cl2N6O3S. The van der Waals surface area contributed by atoms with Crippen LogP contribution in [0.5, 0.6) is 5.75 Å². The van der Waals surface area contributed by atoms with Crippen molar-refractivity contribution >= 4 is 50.3 Å². The van der Waals surface area contributed by atoms with Crippen LogP contribution in [0.15, 0.2) is 52.3 Å². The first-order chi connectivity index (χ1) is 17.8. The monoisotopic (exact) mass is 556 g/mol. The summed E-state index contributed by atoms with van der Waals surface area (Å²) in [6.45, 7) is 4.61. The van der Waals surface area contributed by atoms with Gasteiger partial charge >= 0.3 is 0 Å². The first-order valence-corrected chi connectivity index (χ1v) is 13.3. The zero-order valence-corrected chi connectivity index (χ0v) is 22.5. The van der Waals surface area contributed by atoms with Gasteiger partial charge in [0, 0.05) is 41.0 Å². The topological polar surface area (TPSA) is 118 Å². The van der Waals surface area contributed by atoms with Gasteiger partial charge in [-0.05, 0) is 38.1 Å². The maximum absolute atomic E-state index is 13.6. The maximum atomic E-state index is 13.6. The Labute approximate surface area is 225 Å². The lowest BCUT2D eigenvalue weighted by Crippen LogP contribution is -2.33. The average molecular weight is 557 g/mol. The van der Waals surface area contributed by atoms with E-state index in [1.165, 1.54) is 19.5 Å². The second-order valence-corrected chi connectivity index (χ2v) is 11.2. The van der Waals surface area contributed by atoms with Gasteiger partial charge in [-0.3, -0.25) is 14.6 Å². The molecule has 5 heterocycles. The van der Waals surface area contributed by atoms with E-state index < -0.39 is 16.8 Å². The van der Waals surface area contributed by atoms with E-state index in [-0.39, 0.29) is 21.5 Å². The van der Waals surface area contributed by atoms with Crippen LogP contribution in [0.1, 0.15) is 32.2 Å². The Hall–Kier alpha value is -3.31. The van der Waals surface area contributed by atoms with Crippen LogP contribution < -0.4 is 15.4 Å². The van der Waals surface area contributed by atoms with Gasteiger partial charge in [-0.2, -0.15) is 0 Å². The normalized spacial score (nSPS) is 17.4. The number of methoxy groups -OCH3 is 1. The average Bonchev–Trinajstić information content (AvgIpc) is 3.46. The predicted octanol–water partition coefficient (Wildman–Crippen LogP) is 4.23. The van der Waals surface area contributed by atoms with Crippen molar-refractivity contribution in [3.05, 3.63) is 80.1 Å². The summed E-state index contributed by atoms with van der Waals surface area (Å²) in [6, 6.07) is 6.65. The summed E-state index contributed by atoms with van der Waals surface area (Å²) < 4.78 is 5.46. The van der Waals surface area contributed by atoms with Crippen LogP contribution in [0.25, 0.3) is 11.1 Å². The Morgan fingerprint density at radius 3 is 2.65 bits per heavy atom. The van der Waals surface area contributed by atoms with Crippen molar-refractivity contribution in [1.29, 1.82) is 0 Å². The molecule has 0 bridgehead atoms. The van der Waals surface area contributed by atoms with Crippen molar-refractivity contribution < 1.29 is 14.3 Å². The molecule has 3 aromatic heterocycles. The molecule has 190 valence electrons. The number of nitrogens with zero attached hydrogens (tertiary/aromatic N) is 4. The molecule has 1 unspecified atom stereocenters. The van der Waals surface area contributed by atoms with E-state index in [9.17, 15) is 9.59 Å². The minimum atomic E-state index is -1.60. The fourth-order valence-corrected chi connectivity index (χ4v) is 6.53. The van der Waals surface area contributed by atoms with Gasteiger partial charge in [-0.25, -0.2) is 15.0 Å². The number of carbonyl (C=O) groups is 2. The smallest absolute Gasteiger partial charge is 0.259 e. The van der Waals surface area contributed by atoms with E-state index in [1.54, 1.807) is 31.2 Å². The Bertz CT molecular complexity index is 1520. The predicted molar refractivity (Wildman–Crippen MR) is 146 cm³/mol. The Balaban J connectivity index is 1.51. The molecule has 2 N–H and O–H groups in total. The van der Waals surface area contributed by atoms with Gasteiger partial charge in [0.05, 0.1) is 35.3 Å². The minimum Gasteiger partial charge on any atom is -0.494 e. The SMILES string of the molecule is COc1cnc(Cl)cc1-c1cc(C)ncc1C(=O)NC1=NC2=C(CNC2)[SH]1C(=O)c1ccc(Cl)c(C)n1. The van der Waals surface area contributed by atoms with Crippen LogP contribution in [0.4, 0.5) is 0 Å². The number of amidine groups is 1. The van der Waals surface area contributed by atoms with Gasteiger partial charge in [0.15, 0.2) is 5.17 Å². The first kappa shape index (κ1) is 25.3. The van der Waals surface area contributed by atoms with Gasteiger partial charge < -0.3 is 15.4 Å². The molecule has 12 heteroatoms. The van der Waals surface area contributed by atoms with Crippen LogP contribution in [-0.4, -0.2) is 51.3 Å². The standard InChI is InChI=1S/C25H22Cl2N6O3S/c1-12-6-14(15-7-22(27)30-10-20(15)36-3)16(8-29-12)23(34)33-25-32-19-9-28-11-21(19)37(25)24(35)18-5-4-17(26)13(2)31-18/h4-8,10,28,37H,9,11H2,1-3H3,(H,32,33,34).